The normalized spacial score (nSPS) is 24.3. The summed E-state index contributed by atoms with van der Waals surface area (Å²) in [7, 11) is 0. The maximum atomic E-state index is 6.13. The molecule has 1 heteroatoms. The van der Waals surface area contributed by atoms with Crippen LogP contribution in [0, 0.1) is 5.92 Å². The molecule has 0 aliphatic heterocycles. The Labute approximate surface area is 70.4 Å². The third kappa shape index (κ3) is 2.48. The molecule has 2 N–H and O–H groups in total. The Morgan fingerprint density at radius 2 is 2.09 bits per heavy atom. The topological polar surface area (TPSA) is 26.0 Å². The van der Waals surface area contributed by atoms with E-state index in [1.165, 1.54) is 38.5 Å². The molecule has 1 rings (SSSR count). The van der Waals surface area contributed by atoms with E-state index >= 15 is 0 Å². The van der Waals surface area contributed by atoms with Crippen molar-refractivity contribution < 1.29 is 0 Å². The Bertz CT molecular complexity index is 116. The van der Waals surface area contributed by atoms with Crippen LogP contribution in [0.1, 0.15) is 52.4 Å². The lowest BCUT2D eigenvalue weighted by atomic mass is 9.72. The minimum atomic E-state index is 0.245. The average Bonchev–Trinajstić information content (AvgIpc) is 1.85. The van der Waals surface area contributed by atoms with Gasteiger partial charge in [-0.25, -0.2) is 0 Å². The fourth-order valence-electron chi connectivity index (χ4n) is 2.12. The highest BCUT2D eigenvalue weighted by Crippen LogP contribution is 2.35. The predicted octanol–water partition coefficient (Wildman–Crippen LogP) is 2.69. The SMILES string of the molecule is CCCC(C)CC1(N)CCC1. The van der Waals surface area contributed by atoms with E-state index in [1.54, 1.807) is 0 Å². The summed E-state index contributed by atoms with van der Waals surface area (Å²) < 4.78 is 0. The van der Waals surface area contributed by atoms with E-state index in [0.717, 1.165) is 5.92 Å². The summed E-state index contributed by atoms with van der Waals surface area (Å²) in [6.45, 7) is 4.58. The first-order chi connectivity index (χ1) is 5.16. The first kappa shape index (κ1) is 9.05. The Hall–Kier alpha value is -0.0400. The Kier molecular flexibility index (Phi) is 2.94. The molecule has 1 atom stereocenters. The molecule has 1 saturated carbocycles. The van der Waals surface area contributed by atoms with E-state index < -0.39 is 0 Å². The van der Waals surface area contributed by atoms with Crippen molar-refractivity contribution in [2.45, 2.75) is 57.9 Å². The first-order valence-corrected chi connectivity index (χ1v) is 4.95. The number of rotatable bonds is 4. The van der Waals surface area contributed by atoms with Crippen LogP contribution in [0.25, 0.3) is 0 Å². The molecular formula is C10H21N. The van der Waals surface area contributed by atoms with Gasteiger partial charge in [0.05, 0.1) is 0 Å². The molecule has 1 unspecified atom stereocenters. The minimum Gasteiger partial charge on any atom is -0.325 e. The highest BCUT2D eigenvalue weighted by molar-refractivity contribution is 4.93. The van der Waals surface area contributed by atoms with Crippen molar-refractivity contribution in [2.75, 3.05) is 0 Å². The van der Waals surface area contributed by atoms with Crippen LogP contribution in [-0.4, -0.2) is 5.54 Å². The van der Waals surface area contributed by atoms with Gasteiger partial charge in [-0.15, -0.1) is 0 Å². The lowest BCUT2D eigenvalue weighted by Crippen LogP contribution is -2.47. The average molecular weight is 155 g/mol. The molecule has 1 fully saturated rings. The van der Waals surface area contributed by atoms with Crippen molar-refractivity contribution in [3.8, 4) is 0 Å². The maximum Gasteiger partial charge on any atom is 0.0156 e. The molecule has 0 aromatic rings. The summed E-state index contributed by atoms with van der Waals surface area (Å²) in [5.74, 6) is 0.838. The van der Waals surface area contributed by atoms with Crippen LogP contribution in [0.2, 0.25) is 0 Å². The van der Waals surface area contributed by atoms with Crippen molar-refractivity contribution >= 4 is 0 Å². The van der Waals surface area contributed by atoms with Crippen molar-refractivity contribution in [1.29, 1.82) is 0 Å². The van der Waals surface area contributed by atoms with Crippen LogP contribution < -0.4 is 5.73 Å². The zero-order valence-corrected chi connectivity index (χ0v) is 7.90. The van der Waals surface area contributed by atoms with E-state index in [1.807, 2.05) is 0 Å². The van der Waals surface area contributed by atoms with Crippen LogP contribution in [0.3, 0.4) is 0 Å². The van der Waals surface area contributed by atoms with Gasteiger partial charge >= 0.3 is 0 Å². The number of nitrogens with two attached hydrogens (primary N) is 1. The number of hydrogen-bond acceptors (Lipinski definition) is 1. The predicted molar refractivity (Wildman–Crippen MR) is 49.5 cm³/mol. The molecule has 1 aliphatic carbocycles. The second-order valence-electron chi connectivity index (χ2n) is 4.31. The summed E-state index contributed by atoms with van der Waals surface area (Å²) in [6.07, 6.45) is 7.79. The highest BCUT2D eigenvalue weighted by atomic mass is 14.8. The van der Waals surface area contributed by atoms with Gasteiger partial charge in [-0.05, 0) is 31.6 Å². The highest BCUT2D eigenvalue weighted by Gasteiger charge is 2.33. The third-order valence-electron chi connectivity index (χ3n) is 2.89. The molecule has 0 spiro atoms. The van der Waals surface area contributed by atoms with Gasteiger partial charge in [-0.2, -0.15) is 0 Å². The van der Waals surface area contributed by atoms with Gasteiger partial charge in [0.25, 0.3) is 0 Å². The molecule has 66 valence electrons. The fraction of sp³-hybridized carbons (Fsp3) is 1.00. The Morgan fingerprint density at radius 1 is 1.45 bits per heavy atom. The van der Waals surface area contributed by atoms with Crippen molar-refractivity contribution in [1.82, 2.24) is 0 Å². The second kappa shape index (κ2) is 3.57. The smallest absolute Gasteiger partial charge is 0.0156 e. The van der Waals surface area contributed by atoms with E-state index in [0.29, 0.717) is 0 Å². The van der Waals surface area contributed by atoms with Gasteiger partial charge in [0.15, 0.2) is 0 Å². The lowest BCUT2D eigenvalue weighted by molar-refractivity contribution is 0.196. The van der Waals surface area contributed by atoms with Gasteiger partial charge in [0.1, 0.15) is 0 Å². The molecule has 0 saturated heterocycles. The molecule has 11 heavy (non-hydrogen) atoms. The van der Waals surface area contributed by atoms with Gasteiger partial charge in [-0.3, -0.25) is 0 Å². The largest absolute Gasteiger partial charge is 0.325 e. The summed E-state index contributed by atoms with van der Waals surface area (Å²) >= 11 is 0. The molecule has 1 aliphatic rings. The van der Waals surface area contributed by atoms with Crippen LogP contribution in [0.5, 0.6) is 0 Å². The van der Waals surface area contributed by atoms with Gasteiger partial charge < -0.3 is 5.73 Å². The quantitative estimate of drug-likeness (QED) is 0.663. The van der Waals surface area contributed by atoms with Crippen LogP contribution >= 0.6 is 0 Å². The van der Waals surface area contributed by atoms with Crippen LogP contribution in [0.15, 0.2) is 0 Å². The molecule has 0 radical (unpaired) electrons. The van der Waals surface area contributed by atoms with E-state index in [-0.39, 0.29) is 5.54 Å². The van der Waals surface area contributed by atoms with Gasteiger partial charge in [-0.1, -0.05) is 26.7 Å². The fourth-order valence-corrected chi connectivity index (χ4v) is 2.12. The van der Waals surface area contributed by atoms with Crippen LogP contribution in [-0.2, 0) is 0 Å². The summed E-state index contributed by atoms with van der Waals surface area (Å²) in [5.41, 5.74) is 6.38. The van der Waals surface area contributed by atoms with E-state index in [4.69, 9.17) is 5.73 Å². The maximum absolute atomic E-state index is 6.13. The molecule has 0 bridgehead atoms. The first-order valence-electron chi connectivity index (χ1n) is 4.95. The Morgan fingerprint density at radius 3 is 2.45 bits per heavy atom. The summed E-state index contributed by atoms with van der Waals surface area (Å²) in [4.78, 5) is 0. The van der Waals surface area contributed by atoms with E-state index in [2.05, 4.69) is 13.8 Å². The molecule has 0 aromatic heterocycles. The second-order valence-corrected chi connectivity index (χ2v) is 4.31. The third-order valence-corrected chi connectivity index (χ3v) is 2.89. The zero-order chi connectivity index (χ0) is 8.32. The summed E-state index contributed by atoms with van der Waals surface area (Å²) in [5, 5.41) is 0. The summed E-state index contributed by atoms with van der Waals surface area (Å²) in [6, 6.07) is 0. The Balaban J connectivity index is 2.18. The lowest BCUT2D eigenvalue weighted by Gasteiger charge is -2.40. The molecule has 0 amide bonds. The molecular weight excluding hydrogens is 134 g/mol. The minimum absolute atomic E-state index is 0.245. The van der Waals surface area contributed by atoms with Crippen LogP contribution in [0.4, 0.5) is 0 Å². The van der Waals surface area contributed by atoms with Gasteiger partial charge in [0, 0.05) is 5.54 Å². The molecule has 0 heterocycles. The van der Waals surface area contributed by atoms with Crippen molar-refractivity contribution in [3.63, 3.8) is 0 Å². The monoisotopic (exact) mass is 155 g/mol. The van der Waals surface area contributed by atoms with Crippen molar-refractivity contribution in [3.05, 3.63) is 0 Å². The standard InChI is InChI=1S/C10H21N/c1-3-5-9(2)8-10(11)6-4-7-10/h9H,3-8,11H2,1-2H3. The van der Waals surface area contributed by atoms with E-state index in [9.17, 15) is 0 Å². The van der Waals surface area contributed by atoms with Crippen molar-refractivity contribution in [2.24, 2.45) is 11.7 Å². The molecule has 1 nitrogen and oxygen atoms in total. The number of hydrogen-bond donors (Lipinski definition) is 1. The zero-order valence-electron chi connectivity index (χ0n) is 7.90. The van der Waals surface area contributed by atoms with Gasteiger partial charge in [0.2, 0.25) is 0 Å². The molecule has 0 aromatic carbocycles.